The number of esters is 1. The van der Waals surface area contributed by atoms with Crippen molar-refractivity contribution >= 4 is 34.7 Å². The van der Waals surface area contributed by atoms with E-state index in [2.05, 4.69) is 4.99 Å². The lowest BCUT2D eigenvalue weighted by molar-refractivity contribution is -0.139. The Bertz CT molecular complexity index is 1580. The lowest BCUT2D eigenvalue weighted by atomic mass is 10.0. The molecular formula is C28H24N2O4S2. The second-order valence-corrected chi connectivity index (χ2v) is 10.1. The van der Waals surface area contributed by atoms with Gasteiger partial charge in [0, 0.05) is 4.88 Å². The number of allylic oxidation sites excluding steroid dienone is 1. The van der Waals surface area contributed by atoms with Crippen LogP contribution in [0.15, 0.2) is 93.2 Å². The summed E-state index contributed by atoms with van der Waals surface area (Å²) < 4.78 is 13.3. The molecule has 2 aromatic heterocycles. The zero-order valence-corrected chi connectivity index (χ0v) is 21.5. The Kier molecular flexibility index (Phi) is 6.97. The summed E-state index contributed by atoms with van der Waals surface area (Å²) in [6.07, 6.45) is 1.85. The Morgan fingerprint density at radius 3 is 2.56 bits per heavy atom. The lowest BCUT2D eigenvalue weighted by Crippen LogP contribution is -2.39. The van der Waals surface area contributed by atoms with Crippen molar-refractivity contribution in [3.8, 4) is 5.75 Å². The van der Waals surface area contributed by atoms with Crippen molar-refractivity contribution in [1.29, 1.82) is 0 Å². The van der Waals surface area contributed by atoms with Gasteiger partial charge in [-0.3, -0.25) is 9.36 Å². The van der Waals surface area contributed by atoms with Gasteiger partial charge in [0.1, 0.15) is 18.4 Å². The average molecular weight is 517 g/mol. The summed E-state index contributed by atoms with van der Waals surface area (Å²) in [5, 5.41) is 1.94. The van der Waals surface area contributed by atoms with Crippen LogP contribution in [-0.4, -0.2) is 17.1 Å². The Morgan fingerprint density at radius 2 is 1.86 bits per heavy atom. The van der Waals surface area contributed by atoms with E-state index in [0.29, 0.717) is 27.2 Å². The quantitative estimate of drug-likeness (QED) is 0.341. The molecular weight excluding hydrogens is 492 g/mol. The molecule has 0 bridgehead atoms. The summed E-state index contributed by atoms with van der Waals surface area (Å²) in [5.41, 5.74) is 2.76. The van der Waals surface area contributed by atoms with E-state index in [1.165, 1.54) is 22.7 Å². The highest BCUT2D eigenvalue weighted by Gasteiger charge is 2.33. The number of thiophene rings is 1. The summed E-state index contributed by atoms with van der Waals surface area (Å²) in [4.78, 5) is 32.5. The molecule has 4 aromatic rings. The number of hydrogen-bond acceptors (Lipinski definition) is 7. The van der Waals surface area contributed by atoms with Crippen molar-refractivity contribution in [3.63, 3.8) is 0 Å². The topological polar surface area (TPSA) is 69.9 Å². The van der Waals surface area contributed by atoms with E-state index in [9.17, 15) is 9.59 Å². The van der Waals surface area contributed by atoms with Gasteiger partial charge in [0.15, 0.2) is 4.80 Å². The molecule has 8 heteroatoms. The first kappa shape index (κ1) is 24.0. The zero-order valence-electron chi connectivity index (χ0n) is 19.8. The molecule has 2 aromatic carbocycles. The van der Waals surface area contributed by atoms with Gasteiger partial charge in [-0.15, -0.1) is 11.3 Å². The number of ether oxygens (including phenoxy) is 2. The molecule has 36 heavy (non-hydrogen) atoms. The van der Waals surface area contributed by atoms with Crippen molar-refractivity contribution in [2.75, 3.05) is 6.61 Å². The van der Waals surface area contributed by atoms with Gasteiger partial charge in [-0.1, -0.05) is 59.9 Å². The second kappa shape index (κ2) is 10.5. The summed E-state index contributed by atoms with van der Waals surface area (Å²) >= 11 is 2.81. The van der Waals surface area contributed by atoms with Gasteiger partial charge in [0.05, 0.1) is 22.4 Å². The standard InChI is InChI=1S/C28H24N2O4S2/c1-3-33-27(32)24-18(2)29-28-30(25(24)22-10-7-15-35-22)26(31)23(36-28)16-19-11-13-21(14-12-19)34-17-20-8-5-4-6-9-20/h4-16,25H,3,17H2,1-2H3/b23-16-/t25-/m0/s1. The fourth-order valence-corrected chi connectivity index (χ4v) is 5.93. The molecule has 0 amide bonds. The summed E-state index contributed by atoms with van der Waals surface area (Å²) in [6, 6.07) is 20.9. The minimum Gasteiger partial charge on any atom is -0.489 e. The largest absolute Gasteiger partial charge is 0.489 e. The fourth-order valence-electron chi connectivity index (χ4n) is 4.06. The van der Waals surface area contributed by atoms with E-state index in [1.807, 2.05) is 78.2 Å². The van der Waals surface area contributed by atoms with Crippen LogP contribution in [0.2, 0.25) is 0 Å². The molecule has 1 aliphatic rings. The molecule has 5 rings (SSSR count). The predicted molar refractivity (Wildman–Crippen MR) is 142 cm³/mol. The van der Waals surface area contributed by atoms with Crippen LogP contribution in [0.5, 0.6) is 5.75 Å². The average Bonchev–Trinajstić information content (AvgIpc) is 3.52. The number of nitrogens with zero attached hydrogens (tertiary/aromatic N) is 2. The molecule has 0 radical (unpaired) electrons. The van der Waals surface area contributed by atoms with Gasteiger partial charge in [-0.05, 0) is 54.6 Å². The minimum atomic E-state index is -0.559. The van der Waals surface area contributed by atoms with E-state index in [4.69, 9.17) is 9.47 Å². The van der Waals surface area contributed by atoms with Crippen LogP contribution < -0.4 is 19.6 Å². The van der Waals surface area contributed by atoms with Gasteiger partial charge < -0.3 is 9.47 Å². The first-order chi connectivity index (χ1) is 17.5. The van der Waals surface area contributed by atoms with E-state index < -0.39 is 12.0 Å². The Morgan fingerprint density at radius 1 is 1.08 bits per heavy atom. The lowest BCUT2D eigenvalue weighted by Gasteiger charge is -2.23. The molecule has 1 atom stereocenters. The van der Waals surface area contributed by atoms with Crippen molar-refractivity contribution in [2.45, 2.75) is 26.5 Å². The number of rotatable bonds is 7. The summed E-state index contributed by atoms with van der Waals surface area (Å²) in [6.45, 7) is 4.30. The number of benzene rings is 2. The van der Waals surface area contributed by atoms with Crippen molar-refractivity contribution in [2.24, 2.45) is 4.99 Å². The third-order valence-corrected chi connectivity index (χ3v) is 7.66. The molecule has 0 fully saturated rings. The van der Waals surface area contributed by atoms with E-state index in [0.717, 1.165) is 21.8 Å². The molecule has 0 saturated carbocycles. The minimum absolute atomic E-state index is 0.184. The van der Waals surface area contributed by atoms with E-state index in [1.54, 1.807) is 18.4 Å². The zero-order chi connectivity index (χ0) is 25.1. The molecule has 182 valence electrons. The molecule has 0 aliphatic carbocycles. The molecule has 0 N–H and O–H groups in total. The summed E-state index contributed by atoms with van der Waals surface area (Å²) in [7, 11) is 0. The van der Waals surface area contributed by atoms with Crippen LogP contribution in [0.1, 0.15) is 35.9 Å². The number of aromatic nitrogens is 1. The van der Waals surface area contributed by atoms with Crippen molar-refractivity contribution in [3.05, 3.63) is 119 Å². The van der Waals surface area contributed by atoms with Crippen LogP contribution in [0, 0.1) is 0 Å². The Balaban J connectivity index is 1.48. The van der Waals surface area contributed by atoms with Gasteiger partial charge in [0.2, 0.25) is 0 Å². The van der Waals surface area contributed by atoms with Gasteiger partial charge in [-0.25, -0.2) is 9.79 Å². The number of carbonyl (C=O) groups excluding carboxylic acids is 1. The van der Waals surface area contributed by atoms with E-state index in [-0.39, 0.29) is 12.2 Å². The SMILES string of the molecule is CCOC(=O)C1=C(C)N=c2s/c(=C\c3ccc(OCc4ccccc4)cc3)c(=O)n2[C@H]1c1cccs1. The van der Waals surface area contributed by atoms with Gasteiger partial charge in [-0.2, -0.15) is 0 Å². The second-order valence-electron chi connectivity index (χ2n) is 8.16. The maximum Gasteiger partial charge on any atom is 0.338 e. The van der Waals surface area contributed by atoms with Crippen molar-refractivity contribution in [1.82, 2.24) is 4.57 Å². The highest BCUT2D eigenvalue weighted by atomic mass is 32.1. The third-order valence-electron chi connectivity index (χ3n) is 5.76. The third kappa shape index (κ3) is 4.82. The maximum atomic E-state index is 13.6. The number of thiazole rings is 1. The smallest absolute Gasteiger partial charge is 0.338 e. The monoisotopic (exact) mass is 516 g/mol. The molecule has 0 saturated heterocycles. The maximum absolute atomic E-state index is 13.6. The number of hydrogen-bond donors (Lipinski definition) is 0. The van der Waals surface area contributed by atoms with Crippen LogP contribution >= 0.6 is 22.7 Å². The Hall–Kier alpha value is -3.75. The van der Waals surface area contributed by atoms with Crippen LogP contribution in [0.25, 0.3) is 6.08 Å². The molecule has 6 nitrogen and oxygen atoms in total. The van der Waals surface area contributed by atoms with Crippen LogP contribution in [-0.2, 0) is 16.1 Å². The summed E-state index contributed by atoms with van der Waals surface area (Å²) in [5.74, 6) is 0.308. The number of fused-ring (bicyclic) bond motifs is 1. The van der Waals surface area contributed by atoms with Crippen LogP contribution in [0.3, 0.4) is 0 Å². The molecule has 1 aliphatic heterocycles. The van der Waals surface area contributed by atoms with Gasteiger partial charge >= 0.3 is 5.97 Å². The van der Waals surface area contributed by atoms with Gasteiger partial charge in [0.25, 0.3) is 5.56 Å². The fraction of sp³-hybridized carbons (Fsp3) is 0.179. The molecule has 3 heterocycles. The molecule has 0 spiro atoms. The van der Waals surface area contributed by atoms with E-state index >= 15 is 0 Å². The molecule has 0 unspecified atom stereocenters. The van der Waals surface area contributed by atoms with Crippen LogP contribution in [0.4, 0.5) is 0 Å². The predicted octanol–water partition coefficient (Wildman–Crippen LogP) is 4.44. The highest BCUT2D eigenvalue weighted by molar-refractivity contribution is 7.10. The highest BCUT2D eigenvalue weighted by Crippen LogP contribution is 2.33. The Labute approximate surface area is 216 Å². The first-order valence-corrected chi connectivity index (χ1v) is 13.2. The first-order valence-electron chi connectivity index (χ1n) is 11.5. The van der Waals surface area contributed by atoms with Crippen molar-refractivity contribution < 1.29 is 14.3 Å². The normalized spacial score (nSPS) is 15.4. The number of carbonyl (C=O) groups is 1.